The summed E-state index contributed by atoms with van der Waals surface area (Å²) >= 11 is 5.82. The maximum atomic E-state index is 8.65. The molecule has 0 aliphatic heterocycles. The molecule has 2 nitrogen and oxygen atoms in total. The molecule has 0 spiro atoms. The SMILES string of the molecule is N#Cc1nc2c(cc1Cl)CCC2. The molecule has 1 heterocycles. The standard InChI is InChI=1S/C9H7ClN2/c10-7-4-6-2-1-3-8(6)12-9(7)5-11/h4H,1-3H2. The molecule has 0 amide bonds. The van der Waals surface area contributed by atoms with Gasteiger partial charge in [-0.1, -0.05) is 11.6 Å². The van der Waals surface area contributed by atoms with Crippen molar-refractivity contribution in [3.8, 4) is 6.07 Å². The van der Waals surface area contributed by atoms with Gasteiger partial charge in [-0.2, -0.15) is 5.26 Å². The Labute approximate surface area is 75.8 Å². The Balaban J connectivity index is 2.59. The smallest absolute Gasteiger partial charge is 0.159 e. The molecular weight excluding hydrogens is 172 g/mol. The number of aryl methyl sites for hydroxylation is 2. The third kappa shape index (κ3) is 1.07. The van der Waals surface area contributed by atoms with Crippen molar-refractivity contribution in [3.05, 3.63) is 28.0 Å². The number of aromatic nitrogens is 1. The lowest BCUT2D eigenvalue weighted by Crippen LogP contribution is -1.92. The van der Waals surface area contributed by atoms with Crippen LogP contribution in [-0.2, 0) is 12.8 Å². The average molecular weight is 179 g/mol. The highest BCUT2D eigenvalue weighted by atomic mass is 35.5. The maximum absolute atomic E-state index is 8.65. The van der Waals surface area contributed by atoms with E-state index in [0.29, 0.717) is 10.7 Å². The molecule has 0 fully saturated rings. The predicted octanol–water partition coefficient (Wildman–Crippen LogP) is 2.10. The zero-order chi connectivity index (χ0) is 8.55. The zero-order valence-electron chi connectivity index (χ0n) is 6.47. The van der Waals surface area contributed by atoms with Gasteiger partial charge in [-0.15, -0.1) is 0 Å². The van der Waals surface area contributed by atoms with Gasteiger partial charge in [0.05, 0.1) is 5.02 Å². The van der Waals surface area contributed by atoms with Gasteiger partial charge in [0.25, 0.3) is 0 Å². The second kappa shape index (κ2) is 2.76. The lowest BCUT2D eigenvalue weighted by Gasteiger charge is -1.99. The molecule has 1 aromatic heterocycles. The molecule has 2 rings (SSSR count). The van der Waals surface area contributed by atoms with Crippen LogP contribution in [-0.4, -0.2) is 4.98 Å². The molecule has 60 valence electrons. The Kier molecular flexibility index (Phi) is 1.74. The van der Waals surface area contributed by atoms with E-state index in [0.717, 1.165) is 25.0 Å². The van der Waals surface area contributed by atoms with Crippen molar-refractivity contribution in [1.29, 1.82) is 5.26 Å². The Hall–Kier alpha value is -1.07. The first-order valence-electron chi connectivity index (χ1n) is 3.89. The molecule has 0 saturated heterocycles. The first kappa shape index (κ1) is 7.57. The van der Waals surface area contributed by atoms with Gasteiger partial charge in [-0.3, -0.25) is 0 Å². The van der Waals surface area contributed by atoms with Crippen LogP contribution in [0.5, 0.6) is 0 Å². The average Bonchev–Trinajstić information content (AvgIpc) is 2.49. The first-order valence-corrected chi connectivity index (χ1v) is 4.27. The van der Waals surface area contributed by atoms with Gasteiger partial charge in [0.1, 0.15) is 6.07 Å². The highest BCUT2D eigenvalue weighted by Crippen LogP contribution is 2.24. The highest BCUT2D eigenvalue weighted by Gasteiger charge is 2.14. The van der Waals surface area contributed by atoms with E-state index in [1.807, 2.05) is 12.1 Å². The minimum Gasteiger partial charge on any atom is -0.240 e. The van der Waals surface area contributed by atoms with E-state index >= 15 is 0 Å². The van der Waals surface area contributed by atoms with Crippen molar-refractivity contribution in [2.45, 2.75) is 19.3 Å². The number of fused-ring (bicyclic) bond motifs is 1. The molecular formula is C9H7ClN2. The fourth-order valence-electron chi connectivity index (χ4n) is 1.52. The fourth-order valence-corrected chi connectivity index (χ4v) is 1.74. The van der Waals surface area contributed by atoms with Crippen LogP contribution in [0.4, 0.5) is 0 Å². The molecule has 0 bridgehead atoms. The monoisotopic (exact) mass is 178 g/mol. The number of halogens is 1. The van der Waals surface area contributed by atoms with Crippen LogP contribution >= 0.6 is 11.6 Å². The van der Waals surface area contributed by atoms with Gasteiger partial charge in [0.15, 0.2) is 5.69 Å². The number of hydrogen-bond donors (Lipinski definition) is 0. The summed E-state index contributed by atoms with van der Waals surface area (Å²) in [5, 5.41) is 9.14. The number of hydrogen-bond acceptors (Lipinski definition) is 2. The summed E-state index contributed by atoms with van der Waals surface area (Å²) in [5.74, 6) is 0. The van der Waals surface area contributed by atoms with Crippen molar-refractivity contribution in [1.82, 2.24) is 4.98 Å². The lowest BCUT2D eigenvalue weighted by atomic mass is 10.2. The Morgan fingerprint density at radius 1 is 1.50 bits per heavy atom. The number of pyridine rings is 1. The molecule has 3 heteroatoms. The van der Waals surface area contributed by atoms with Crippen molar-refractivity contribution < 1.29 is 0 Å². The van der Waals surface area contributed by atoms with E-state index in [2.05, 4.69) is 4.98 Å². The number of nitrogens with zero attached hydrogens (tertiary/aromatic N) is 2. The Morgan fingerprint density at radius 2 is 2.33 bits per heavy atom. The second-order valence-electron chi connectivity index (χ2n) is 2.89. The zero-order valence-corrected chi connectivity index (χ0v) is 7.23. The topological polar surface area (TPSA) is 36.7 Å². The van der Waals surface area contributed by atoms with Crippen LogP contribution in [0.1, 0.15) is 23.4 Å². The Bertz CT molecular complexity index is 365. The third-order valence-corrected chi connectivity index (χ3v) is 2.40. The highest BCUT2D eigenvalue weighted by molar-refractivity contribution is 6.31. The van der Waals surface area contributed by atoms with Gasteiger partial charge in [0, 0.05) is 5.69 Å². The summed E-state index contributed by atoms with van der Waals surface area (Å²) in [6.07, 6.45) is 3.17. The van der Waals surface area contributed by atoms with Crippen molar-refractivity contribution in [2.24, 2.45) is 0 Å². The number of nitriles is 1. The molecule has 12 heavy (non-hydrogen) atoms. The first-order chi connectivity index (χ1) is 5.81. The largest absolute Gasteiger partial charge is 0.240 e. The summed E-state index contributed by atoms with van der Waals surface area (Å²) in [5.41, 5.74) is 2.62. The van der Waals surface area contributed by atoms with Crippen LogP contribution in [0.25, 0.3) is 0 Å². The summed E-state index contributed by atoms with van der Waals surface area (Å²) in [4.78, 5) is 4.18. The molecule has 0 radical (unpaired) electrons. The quantitative estimate of drug-likeness (QED) is 0.610. The summed E-state index contributed by atoms with van der Waals surface area (Å²) in [6, 6.07) is 3.85. The molecule has 0 saturated carbocycles. The minimum absolute atomic E-state index is 0.359. The van der Waals surface area contributed by atoms with E-state index in [1.165, 1.54) is 5.56 Å². The number of rotatable bonds is 0. The maximum Gasteiger partial charge on any atom is 0.159 e. The van der Waals surface area contributed by atoms with Crippen LogP contribution in [0, 0.1) is 11.3 Å². The second-order valence-corrected chi connectivity index (χ2v) is 3.30. The molecule has 0 atom stereocenters. The molecule has 0 unspecified atom stereocenters. The fraction of sp³-hybridized carbons (Fsp3) is 0.333. The summed E-state index contributed by atoms with van der Waals surface area (Å²) in [6.45, 7) is 0. The van der Waals surface area contributed by atoms with Crippen LogP contribution < -0.4 is 0 Å². The van der Waals surface area contributed by atoms with Crippen LogP contribution in [0.15, 0.2) is 6.07 Å². The van der Waals surface area contributed by atoms with E-state index in [1.54, 1.807) is 0 Å². The van der Waals surface area contributed by atoms with Gasteiger partial charge >= 0.3 is 0 Å². The summed E-state index contributed by atoms with van der Waals surface area (Å²) < 4.78 is 0. The molecule has 1 aromatic rings. The predicted molar refractivity (Wildman–Crippen MR) is 46.0 cm³/mol. The lowest BCUT2D eigenvalue weighted by molar-refractivity contribution is 0.898. The third-order valence-electron chi connectivity index (χ3n) is 2.11. The van der Waals surface area contributed by atoms with Crippen LogP contribution in [0.3, 0.4) is 0 Å². The minimum atomic E-state index is 0.359. The molecule has 1 aliphatic rings. The Morgan fingerprint density at radius 3 is 3.08 bits per heavy atom. The summed E-state index contributed by atoms with van der Waals surface area (Å²) in [7, 11) is 0. The van der Waals surface area contributed by atoms with E-state index < -0.39 is 0 Å². The van der Waals surface area contributed by atoms with Crippen molar-refractivity contribution in [3.63, 3.8) is 0 Å². The van der Waals surface area contributed by atoms with Crippen LogP contribution in [0.2, 0.25) is 5.02 Å². The van der Waals surface area contributed by atoms with E-state index in [9.17, 15) is 0 Å². The van der Waals surface area contributed by atoms with Crippen molar-refractivity contribution >= 4 is 11.6 Å². The van der Waals surface area contributed by atoms with E-state index in [4.69, 9.17) is 16.9 Å². The molecule has 0 aromatic carbocycles. The van der Waals surface area contributed by atoms with Gasteiger partial charge in [-0.05, 0) is 30.9 Å². The van der Waals surface area contributed by atoms with Gasteiger partial charge in [-0.25, -0.2) is 4.98 Å². The molecule has 0 N–H and O–H groups in total. The van der Waals surface area contributed by atoms with E-state index in [-0.39, 0.29) is 0 Å². The van der Waals surface area contributed by atoms with Gasteiger partial charge < -0.3 is 0 Å². The molecule has 1 aliphatic carbocycles. The normalized spacial score (nSPS) is 14.0. The van der Waals surface area contributed by atoms with Gasteiger partial charge in [0.2, 0.25) is 0 Å². The van der Waals surface area contributed by atoms with Crippen molar-refractivity contribution in [2.75, 3.05) is 0 Å².